The summed E-state index contributed by atoms with van der Waals surface area (Å²) >= 11 is 7.80. The van der Waals surface area contributed by atoms with Crippen molar-refractivity contribution in [2.24, 2.45) is 0 Å². The summed E-state index contributed by atoms with van der Waals surface area (Å²) in [6.07, 6.45) is 0. The average molecular weight is 321 g/mol. The van der Waals surface area contributed by atoms with Crippen molar-refractivity contribution in [3.8, 4) is 0 Å². The Labute approximate surface area is 133 Å². The number of carbonyl (C=O) groups is 1. The molecule has 0 spiro atoms. The zero-order valence-electron chi connectivity index (χ0n) is 11.9. The molecule has 0 radical (unpaired) electrons. The molecule has 21 heavy (non-hydrogen) atoms. The molecule has 5 heteroatoms. The van der Waals surface area contributed by atoms with Crippen LogP contribution in [-0.2, 0) is 0 Å². The molecular weight excluding hydrogens is 304 g/mol. The number of carbonyl (C=O) groups excluding carboxylic acids is 1. The summed E-state index contributed by atoms with van der Waals surface area (Å²) in [5.74, 6) is 0.145. The van der Waals surface area contributed by atoms with Crippen LogP contribution in [0.2, 0.25) is 5.02 Å². The maximum Gasteiger partial charge on any atom is 0.264 e. The van der Waals surface area contributed by atoms with Gasteiger partial charge in [0, 0.05) is 31.1 Å². The monoisotopic (exact) mass is 320 g/mol. The molecule has 3 nitrogen and oxygen atoms in total. The number of amides is 1. The van der Waals surface area contributed by atoms with E-state index in [1.165, 1.54) is 4.88 Å². The highest BCUT2D eigenvalue weighted by Gasteiger charge is 2.23. The SMILES string of the molecule is Cc1ccc(C(=O)N2CCN(c3ccccc3Cl)CC2)s1. The third-order valence-corrected chi connectivity index (χ3v) is 5.02. The minimum Gasteiger partial charge on any atom is -0.367 e. The Hall–Kier alpha value is -1.52. The number of piperazine rings is 1. The highest BCUT2D eigenvalue weighted by Crippen LogP contribution is 2.26. The molecule has 1 amide bonds. The van der Waals surface area contributed by atoms with Gasteiger partial charge in [0.15, 0.2) is 0 Å². The fourth-order valence-electron chi connectivity index (χ4n) is 2.56. The van der Waals surface area contributed by atoms with Crippen LogP contribution in [0.1, 0.15) is 14.5 Å². The number of aryl methyl sites for hydroxylation is 1. The van der Waals surface area contributed by atoms with Crippen molar-refractivity contribution in [2.45, 2.75) is 6.92 Å². The van der Waals surface area contributed by atoms with Crippen molar-refractivity contribution in [1.82, 2.24) is 4.90 Å². The van der Waals surface area contributed by atoms with Gasteiger partial charge in [0.1, 0.15) is 0 Å². The molecule has 0 unspecified atom stereocenters. The fourth-order valence-corrected chi connectivity index (χ4v) is 3.65. The zero-order valence-corrected chi connectivity index (χ0v) is 13.5. The second-order valence-electron chi connectivity index (χ2n) is 5.14. The van der Waals surface area contributed by atoms with E-state index in [2.05, 4.69) is 4.90 Å². The largest absolute Gasteiger partial charge is 0.367 e. The van der Waals surface area contributed by atoms with Gasteiger partial charge < -0.3 is 9.80 Å². The lowest BCUT2D eigenvalue weighted by atomic mass is 10.2. The van der Waals surface area contributed by atoms with Crippen molar-refractivity contribution in [3.05, 3.63) is 51.2 Å². The Morgan fingerprint density at radius 1 is 1.10 bits per heavy atom. The molecule has 0 aliphatic carbocycles. The van der Waals surface area contributed by atoms with Crippen molar-refractivity contribution < 1.29 is 4.79 Å². The molecule has 1 aromatic heterocycles. The zero-order chi connectivity index (χ0) is 14.8. The third kappa shape index (κ3) is 3.06. The predicted octanol–water partition coefficient (Wildman–Crippen LogP) is 3.67. The van der Waals surface area contributed by atoms with Gasteiger partial charge in [-0.1, -0.05) is 23.7 Å². The number of anilines is 1. The molecule has 2 heterocycles. The normalized spacial score (nSPS) is 15.3. The second kappa shape index (κ2) is 6.08. The third-order valence-electron chi connectivity index (χ3n) is 3.71. The van der Waals surface area contributed by atoms with Gasteiger partial charge in [-0.2, -0.15) is 0 Å². The number of rotatable bonds is 2. The summed E-state index contributed by atoms with van der Waals surface area (Å²) in [4.78, 5) is 18.6. The van der Waals surface area contributed by atoms with Gasteiger partial charge in [0.25, 0.3) is 5.91 Å². The second-order valence-corrected chi connectivity index (χ2v) is 6.84. The quantitative estimate of drug-likeness (QED) is 0.843. The summed E-state index contributed by atoms with van der Waals surface area (Å²) in [5, 5.41) is 0.770. The maximum absolute atomic E-state index is 12.4. The van der Waals surface area contributed by atoms with Crippen molar-refractivity contribution in [1.29, 1.82) is 0 Å². The smallest absolute Gasteiger partial charge is 0.264 e. The van der Waals surface area contributed by atoms with E-state index in [1.807, 2.05) is 48.2 Å². The van der Waals surface area contributed by atoms with E-state index in [4.69, 9.17) is 11.6 Å². The summed E-state index contributed by atoms with van der Waals surface area (Å²) < 4.78 is 0. The molecule has 1 saturated heterocycles. The van der Waals surface area contributed by atoms with Crippen LogP contribution < -0.4 is 4.90 Å². The van der Waals surface area contributed by atoms with E-state index in [1.54, 1.807) is 11.3 Å². The highest BCUT2D eigenvalue weighted by atomic mass is 35.5. The topological polar surface area (TPSA) is 23.6 Å². The minimum atomic E-state index is 0.145. The number of para-hydroxylation sites is 1. The average Bonchev–Trinajstić information content (AvgIpc) is 2.94. The van der Waals surface area contributed by atoms with Gasteiger partial charge in [0.2, 0.25) is 0 Å². The first-order valence-corrected chi connectivity index (χ1v) is 8.20. The lowest BCUT2D eigenvalue weighted by Crippen LogP contribution is -2.48. The Kier molecular flexibility index (Phi) is 4.17. The fraction of sp³-hybridized carbons (Fsp3) is 0.312. The minimum absolute atomic E-state index is 0.145. The van der Waals surface area contributed by atoms with Crippen LogP contribution in [0.25, 0.3) is 0 Å². The molecule has 0 saturated carbocycles. The van der Waals surface area contributed by atoms with E-state index in [9.17, 15) is 4.79 Å². The maximum atomic E-state index is 12.4. The standard InChI is InChI=1S/C16H17ClN2OS/c1-12-6-7-15(21-12)16(20)19-10-8-18(9-11-19)14-5-3-2-4-13(14)17/h2-7H,8-11H2,1H3. The highest BCUT2D eigenvalue weighted by molar-refractivity contribution is 7.13. The molecule has 3 rings (SSSR count). The number of nitrogens with zero attached hydrogens (tertiary/aromatic N) is 2. The first kappa shape index (κ1) is 14.4. The Morgan fingerprint density at radius 3 is 2.43 bits per heavy atom. The lowest BCUT2D eigenvalue weighted by Gasteiger charge is -2.36. The first-order chi connectivity index (χ1) is 10.1. The van der Waals surface area contributed by atoms with Crippen LogP contribution in [0.5, 0.6) is 0 Å². The van der Waals surface area contributed by atoms with Crippen LogP contribution >= 0.6 is 22.9 Å². The van der Waals surface area contributed by atoms with Crippen LogP contribution in [-0.4, -0.2) is 37.0 Å². The first-order valence-electron chi connectivity index (χ1n) is 7.00. The van der Waals surface area contributed by atoms with Gasteiger partial charge in [-0.25, -0.2) is 0 Å². The van der Waals surface area contributed by atoms with Gasteiger partial charge in [-0.05, 0) is 31.2 Å². The van der Waals surface area contributed by atoms with Gasteiger partial charge >= 0.3 is 0 Å². The van der Waals surface area contributed by atoms with Crippen LogP contribution in [0, 0.1) is 6.92 Å². The number of hydrogen-bond acceptors (Lipinski definition) is 3. The summed E-state index contributed by atoms with van der Waals surface area (Å²) in [6.45, 7) is 5.14. The number of halogens is 1. The summed E-state index contributed by atoms with van der Waals surface area (Å²) in [5.41, 5.74) is 1.05. The number of hydrogen-bond donors (Lipinski definition) is 0. The van der Waals surface area contributed by atoms with E-state index in [0.717, 1.165) is 41.8 Å². The van der Waals surface area contributed by atoms with Gasteiger partial charge in [-0.3, -0.25) is 4.79 Å². The molecule has 1 aromatic carbocycles. The lowest BCUT2D eigenvalue weighted by molar-refractivity contribution is 0.0751. The Bertz CT molecular complexity index is 647. The Morgan fingerprint density at radius 2 is 1.81 bits per heavy atom. The molecular formula is C16H17ClN2OS. The van der Waals surface area contributed by atoms with Gasteiger partial charge in [0.05, 0.1) is 15.6 Å². The van der Waals surface area contributed by atoms with Crippen LogP contribution in [0.15, 0.2) is 36.4 Å². The summed E-state index contributed by atoms with van der Waals surface area (Å²) in [6, 6.07) is 11.8. The molecule has 0 bridgehead atoms. The van der Waals surface area contributed by atoms with Crippen LogP contribution in [0.3, 0.4) is 0 Å². The molecule has 1 fully saturated rings. The van der Waals surface area contributed by atoms with Crippen molar-refractivity contribution in [2.75, 3.05) is 31.1 Å². The van der Waals surface area contributed by atoms with Crippen molar-refractivity contribution >= 4 is 34.5 Å². The Balaban J connectivity index is 1.65. The van der Waals surface area contributed by atoms with E-state index >= 15 is 0 Å². The number of thiophene rings is 1. The van der Waals surface area contributed by atoms with E-state index in [-0.39, 0.29) is 5.91 Å². The molecule has 110 valence electrons. The predicted molar refractivity (Wildman–Crippen MR) is 88.6 cm³/mol. The van der Waals surface area contributed by atoms with Crippen molar-refractivity contribution in [3.63, 3.8) is 0 Å². The van der Waals surface area contributed by atoms with Gasteiger partial charge in [-0.15, -0.1) is 11.3 Å². The van der Waals surface area contributed by atoms with E-state index < -0.39 is 0 Å². The molecule has 1 aliphatic heterocycles. The molecule has 0 N–H and O–H groups in total. The van der Waals surface area contributed by atoms with E-state index in [0.29, 0.717) is 0 Å². The molecule has 1 aliphatic rings. The van der Waals surface area contributed by atoms with Crippen LogP contribution in [0.4, 0.5) is 5.69 Å². The molecule has 2 aromatic rings. The molecule has 0 atom stereocenters. The summed E-state index contributed by atoms with van der Waals surface area (Å²) in [7, 11) is 0. The number of benzene rings is 1.